The molecule has 2 atom stereocenters. The molecule has 1 saturated heterocycles. The molecular weight excluding hydrogens is 292 g/mol. The molecule has 118 valence electrons. The molecule has 1 aromatic rings. The lowest BCUT2D eigenvalue weighted by Gasteiger charge is -2.13. The van der Waals surface area contributed by atoms with Gasteiger partial charge in [-0.05, 0) is 37.5 Å². The SMILES string of the molecule is CCOc1cccc(CNC(=O)[C@@H]2CC[C@H](CN)O2)c1.Cl. The maximum atomic E-state index is 12.0. The smallest absolute Gasteiger partial charge is 0.249 e. The van der Waals surface area contributed by atoms with E-state index in [1.807, 2.05) is 31.2 Å². The van der Waals surface area contributed by atoms with Gasteiger partial charge in [-0.25, -0.2) is 0 Å². The zero-order valence-electron chi connectivity index (χ0n) is 12.2. The van der Waals surface area contributed by atoms with Crippen LogP contribution in [0.1, 0.15) is 25.3 Å². The van der Waals surface area contributed by atoms with E-state index >= 15 is 0 Å². The highest BCUT2D eigenvalue weighted by Gasteiger charge is 2.29. The van der Waals surface area contributed by atoms with Crippen molar-refractivity contribution in [3.63, 3.8) is 0 Å². The second-order valence-electron chi connectivity index (χ2n) is 4.86. The Hall–Kier alpha value is -1.30. The van der Waals surface area contributed by atoms with Gasteiger partial charge in [-0.3, -0.25) is 4.79 Å². The third-order valence-electron chi connectivity index (χ3n) is 3.34. The lowest BCUT2D eigenvalue weighted by atomic mass is 10.1. The monoisotopic (exact) mass is 314 g/mol. The van der Waals surface area contributed by atoms with Gasteiger partial charge in [0.25, 0.3) is 0 Å². The van der Waals surface area contributed by atoms with E-state index < -0.39 is 0 Å². The van der Waals surface area contributed by atoms with Crippen molar-refractivity contribution in [2.45, 2.75) is 38.5 Å². The molecule has 21 heavy (non-hydrogen) atoms. The zero-order chi connectivity index (χ0) is 14.4. The number of rotatable bonds is 6. The Morgan fingerprint density at radius 2 is 2.29 bits per heavy atom. The first kappa shape index (κ1) is 17.8. The van der Waals surface area contributed by atoms with Gasteiger partial charge in [0.2, 0.25) is 5.91 Å². The predicted octanol–water partition coefficient (Wildman–Crippen LogP) is 1.63. The van der Waals surface area contributed by atoms with Gasteiger partial charge >= 0.3 is 0 Å². The van der Waals surface area contributed by atoms with Crippen LogP contribution in [0, 0.1) is 0 Å². The summed E-state index contributed by atoms with van der Waals surface area (Å²) in [6.45, 7) is 3.53. The molecule has 2 rings (SSSR count). The fourth-order valence-electron chi connectivity index (χ4n) is 2.29. The Morgan fingerprint density at radius 3 is 2.95 bits per heavy atom. The summed E-state index contributed by atoms with van der Waals surface area (Å²) in [7, 11) is 0. The normalized spacial score (nSPS) is 20.7. The van der Waals surface area contributed by atoms with Crippen LogP contribution in [0.2, 0.25) is 0 Å². The fraction of sp³-hybridized carbons (Fsp3) is 0.533. The number of nitrogens with two attached hydrogens (primary N) is 1. The van der Waals surface area contributed by atoms with Gasteiger partial charge in [-0.15, -0.1) is 12.4 Å². The summed E-state index contributed by atoms with van der Waals surface area (Å²) < 4.78 is 11.0. The molecular formula is C15H23ClN2O3. The Morgan fingerprint density at radius 1 is 1.48 bits per heavy atom. The predicted molar refractivity (Wildman–Crippen MR) is 83.7 cm³/mol. The molecule has 1 fully saturated rings. The Bertz CT molecular complexity index is 456. The van der Waals surface area contributed by atoms with Gasteiger partial charge in [0, 0.05) is 13.1 Å². The number of amides is 1. The maximum Gasteiger partial charge on any atom is 0.249 e. The molecule has 1 aromatic carbocycles. The molecule has 0 radical (unpaired) electrons. The van der Waals surface area contributed by atoms with Crippen molar-refractivity contribution in [3.05, 3.63) is 29.8 Å². The van der Waals surface area contributed by atoms with Crippen LogP contribution in [0.25, 0.3) is 0 Å². The van der Waals surface area contributed by atoms with Crippen molar-refractivity contribution in [3.8, 4) is 5.75 Å². The van der Waals surface area contributed by atoms with Gasteiger partial charge in [0.15, 0.2) is 0 Å². The minimum Gasteiger partial charge on any atom is -0.494 e. The molecule has 5 nitrogen and oxygen atoms in total. The standard InChI is InChI=1S/C15H22N2O3.ClH/c1-2-19-12-5-3-4-11(8-12)10-17-15(18)14-7-6-13(9-16)20-14;/h3-5,8,13-14H,2,6-7,9-10,16H2,1H3,(H,17,18);1H/t13-,14+;/m1./s1. The van der Waals surface area contributed by atoms with Crippen molar-refractivity contribution in [1.29, 1.82) is 0 Å². The van der Waals surface area contributed by atoms with Crippen molar-refractivity contribution < 1.29 is 14.3 Å². The van der Waals surface area contributed by atoms with E-state index in [2.05, 4.69) is 5.32 Å². The lowest BCUT2D eigenvalue weighted by molar-refractivity contribution is -0.132. The second kappa shape index (κ2) is 8.87. The van der Waals surface area contributed by atoms with E-state index in [-0.39, 0.29) is 30.5 Å². The van der Waals surface area contributed by atoms with Gasteiger partial charge in [-0.1, -0.05) is 12.1 Å². The molecule has 0 bridgehead atoms. The highest BCUT2D eigenvalue weighted by atomic mass is 35.5. The number of nitrogens with one attached hydrogen (secondary N) is 1. The number of carbonyl (C=O) groups is 1. The summed E-state index contributed by atoms with van der Waals surface area (Å²) >= 11 is 0. The van der Waals surface area contributed by atoms with Crippen molar-refractivity contribution in [2.24, 2.45) is 5.73 Å². The first-order valence-electron chi connectivity index (χ1n) is 7.08. The number of halogens is 1. The minimum absolute atomic E-state index is 0. The molecule has 0 aromatic heterocycles. The van der Waals surface area contributed by atoms with Gasteiger partial charge in [0.05, 0.1) is 12.7 Å². The van der Waals surface area contributed by atoms with Crippen LogP contribution in [0.3, 0.4) is 0 Å². The number of hydrogen-bond donors (Lipinski definition) is 2. The summed E-state index contributed by atoms with van der Waals surface area (Å²) in [6.07, 6.45) is 1.26. The largest absolute Gasteiger partial charge is 0.494 e. The molecule has 0 saturated carbocycles. The molecule has 1 heterocycles. The number of carbonyl (C=O) groups excluding carboxylic acids is 1. The molecule has 1 amide bonds. The van der Waals surface area contributed by atoms with Crippen LogP contribution in [-0.4, -0.2) is 31.3 Å². The van der Waals surface area contributed by atoms with E-state index in [4.69, 9.17) is 15.2 Å². The number of hydrogen-bond acceptors (Lipinski definition) is 4. The summed E-state index contributed by atoms with van der Waals surface area (Å²) in [6, 6.07) is 7.71. The highest BCUT2D eigenvalue weighted by Crippen LogP contribution is 2.19. The van der Waals surface area contributed by atoms with Crippen LogP contribution in [0.5, 0.6) is 5.75 Å². The molecule has 1 aliphatic heterocycles. The first-order chi connectivity index (χ1) is 9.72. The van der Waals surface area contributed by atoms with Crippen molar-refractivity contribution in [1.82, 2.24) is 5.32 Å². The van der Waals surface area contributed by atoms with Crippen molar-refractivity contribution >= 4 is 18.3 Å². The van der Waals surface area contributed by atoms with Crippen LogP contribution < -0.4 is 15.8 Å². The van der Waals surface area contributed by atoms with Crippen molar-refractivity contribution in [2.75, 3.05) is 13.2 Å². The van der Waals surface area contributed by atoms with E-state index in [0.717, 1.165) is 24.2 Å². The average Bonchev–Trinajstić information content (AvgIpc) is 2.94. The number of ether oxygens (including phenoxy) is 2. The summed E-state index contributed by atoms with van der Waals surface area (Å²) in [5.74, 6) is 0.752. The van der Waals surface area contributed by atoms with E-state index in [1.165, 1.54) is 0 Å². The highest BCUT2D eigenvalue weighted by molar-refractivity contribution is 5.85. The minimum atomic E-state index is -0.362. The molecule has 0 spiro atoms. The van der Waals surface area contributed by atoms with E-state index in [1.54, 1.807) is 0 Å². The Balaban J connectivity index is 0.00000220. The third kappa shape index (κ3) is 5.19. The molecule has 0 unspecified atom stereocenters. The van der Waals surface area contributed by atoms with E-state index in [9.17, 15) is 4.79 Å². The first-order valence-corrected chi connectivity index (χ1v) is 7.08. The second-order valence-corrected chi connectivity index (χ2v) is 4.86. The molecule has 6 heteroatoms. The third-order valence-corrected chi connectivity index (χ3v) is 3.34. The van der Waals surface area contributed by atoms with Gasteiger partial charge < -0.3 is 20.5 Å². The molecule has 3 N–H and O–H groups in total. The van der Waals surface area contributed by atoms with Crippen LogP contribution >= 0.6 is 12.4 Å². The molecule has 0 aliphatic carbocycles. The average molecular weight is 315 g/mol. The summed E-state index contributed by atoms with van der Waals surface area (Å²) in [5, 5.41) is 2.89. The topological polar surface area (TPSA) is 73.6 Å². The fourth-order valence-corrected chi connectivity index (χ4v) is 2.29. The summed E-state index contributed by atoms with van der Waals surface area (Å²) in [4.78, 5) is 12.0. The van der Waals surface area contributed by atoms with Crippen LogP contribution in [0.15, 0.2) is 24.3 Å². The Labute approximate surface area is 131 Å². The maximum absolute atomic E-state index is 12.0. The van der Waals surface area contributed by atoms with Crippen LogP contribution in [-0.2, 0) is 16.1 Å². The Kier molecular flexibility index (Phi) is 7.50. The lowest BCUT2D eigenvalue weighted by Crippen LogP contribution is -2.35. The number of benzene rings is 1. The summed E-state index contributed by atoms with van der Waals surface area (Å²) in [5.41, 5.74) is 6.55. The quantitative estimate of drug-likeness (QED) is 0.837. The zero-order valence-corrected chi connectivity index (χ0v) is 13.0. The molecule has 1 aliphatic rings. The van der Waals surface area contributed by atoms with Gasteiger partial charge in [-0.2, -0.15) is 0 Å². The van der Waals surface area contributed by atoms with Gasteiger partial charge in [0.1, 0.15) is 11.9 Å². The van der Waals surface area contributed by atoms with Crippen LogP contribution in [0.4, 0.5) is 0 Å². The van der Waals surface area contributed by atoms with E-state index in [0.29, 0.717) is 19.7 Å².